The lowest BCUT2D eigenvalue weighted by Crippen LogP contribution is -2.59. The highest BCUT2D eigenvalue weighted by atomic mass is 16.2. The summed E-state index contributed by atoms with van der Waals surface area (Å²) in [4.78, 5) is 55.3. The summed E-state index contributed by atoms with van der Waals surface area (Å²) < 4.78 is 0. The molecule has 8 heteroatoms. The van der Waals surface area contributed by atoms with E-state index in [-0.39, 0.29) is 48.8 Å². The van der Waals surface area contributed by atoms with Crippen LogP contribution < -0.4 is 21.3 Å². The van der Waals surface area contributed by atoms with Gasteiger partial charge in [-0.25, -0.2) is 0 Å². The maximum absolute atomic E-state index is 14.1. The molecule has 0 spiro atoms. The second-order valence-electron chi connectivity index (χ2n) is 12.9. The zero-order chi connectivity index (χ0) is 27.5. The Hall–Kier alpha value is -2.12. The van der Waals surface area contributed by atoms with Crippen molar-refractivity contribution < 1.29 is 19.2 Å². The number of amides is 4. The first-order valence-electron chi connectivity index (χ1n) is 16.2. The molecule has 8 nitrogen and oxygen atoms in total. The molecular weight excluding hydrogens is 492 g/mol. The van der Waals surface area contributed by atoms with Gasteiger partial charge in [-0.1, -0.05) is 77.0 Å². The molecule has 0 unspecified atom stereocenters. The van der Waals surface area contributed by atoms with E-state index in [1.165, 1.54) is 12.8 Å². The van der Waals surface area contributed by atoms with Crippen molar-refractivity contribution >= 4 is 23.6 Å². The predicted octanol–water partition coefficient (Wildman–Crippen LogP) is 4.55. The first-order chi connectivity index (χ1) is 18.9. The summed E-state index contributed by atoms with van der Waals surface area (Å²) in [6, 6.07) is 0.109. The summed E-state index contributed by atoms with van der Waals surface area (Å²) >= 11 is 0. The van der Waals surface area contributed by atoms with Gasteiger partial charge in [-0.15, -0.1) is 0 Å². The molecule has 0 atom stereocenters. The number of nitrogens with one attached hydrogen (secondary N) is 4. The third-order valence-electron chi connectivity index (χ3n) is 9.62. The first-order valence-corrected chi connectivity index (χ1v) is 16.2. The highest BCUT2D eigenvalue weighted by Gasteiger charge is 2.50. The Balaban J connectivity index is 1.56. The minimum Gasteiger partial charge on any atom is -0.353 e. The smallest absolute Gasteiger partial charge is 0.236 e. The van der Waals surface area contributed by atoms with Crippen LogP contribution in [0.25, 0.3) is 0 Å². The molecule has 0 aliphatic heterocycles. The number of carbonyl (C=O) groups is 4. The molecule has 0 saturated heterocycles. The lowest BCUT2D eigenvalue weighted by atomic mass is 9.76. The molecule has 4 aliphatic rings. The van der Waals surface area contributed by atoms with Crippen molar-refractivity contribution in [3.63, 3.8) is 0 Å². The lowest BCUT2D eigenvalue weighted by Gasteiger charge is -2.36. The Labute approximate surface area is 235 Å². The molecule has 0 aromatic heterocycles. The van der Waals surface area contributed by atoms with Crippen LogP contribution in [0.4, 0.5) is 0 Å². The Morgan fingerprint density at radius 1 is 0.410 bits per heavy atom. The van der Waals surface area contributed by atoms with Crippen LogP contribution in [0.2, 0.25) is 0 Å². The predicted molar refractivity (Wildman–Crippen MR) is 152 cm³/mol. The SMILES string of the molecule is O=C(CC(CC(=O)NC1CCCCC1)(C(=O)NC1CCCCC1)C(=O)NC1CCCCC1)NC1CCCCC1. The van der Waals surface area contributed by atoms with Crippen molar-refractivity contribution in [3.05, 3.63) is 0 Å². The summed E-state index contributed by atoms with van der Waals surface area (Å²) in [6.07, 6.45) is 19.7. The van der Waals surface area contributed by atoms with E-state index < -0.39 is 17.2 Å². The summed E-state index contributed by atoms with van der Waals surface area (Å²) in [6.45, 7) is 0. The largest absolute Gasteiger partial charge is 0.353 e. The summed E-state index contributed by atoms with van der Waals surface area (Å²) in [7, 11) is 0. The van der Waals surface area contributed by atoms with Gasteiger partial charge in [0, 0.05) is 24.2 Å². The quantitative estimate of drug-likeness (QED) is 0.302. The molecular formula is C31H52N4O4. The third kappa shape index (κ3) is 8.94. The minimum atomic E-state index is -1.76. The molecule has 4 aliphatic carbocycles. The normalized spacial score (nSPS) is 22.6. The first kappa shape index (κ1) is 29.9. The van der Waals surface area contributed by atoms with E-state index in [4.69, 9.17) is 0 Å². The van der Waals surface area contributed by atoms with Gasteiger partial charge < -0.3 is 21.3 Å². The van der Waals surface area contributed by atoms with Gasteiger partial charge in [-0.2, -0.15) is 0 Å². The maximum atomic E-state index is 14.1. The van der Waals surface area contributed by atoms with Crippen molar-refractivity contribution in [3.8, 4) is 0 Å². The van der Waals surface area contributed by atoms with Crippen LogP contribution in [0.1, 0.15) is 141 Å². The fourth-order valence-electron chi connectivity index (χ4n) is 7.23. The Morgan fingerprint density at radius 3 is 0.949 bits per heavy atom. The standard InChI is InChI=1S/C31H52N4O4/c36-27(32-23-13-5-1-6-14-23)21-31(29(38)34-25-17-9-3-10-18-25,30(39)35-26-19-11-4-12-20-26)22-28(37)33-24-15-7-2-8-16-24/h23-26H,1-22H2,(H,32,36)(H,33,37)(H,34,38)(H,35,39). The Morgan fingerprint density at radius 2 is 0.667 bits per heavy atom. The Bertz CT molecular complexity index is 754. The number of rotatable bonds is 10. The van der Waals surface area contributed by atoms with Crippen molar-refractivity contribution in [2.75, 3.05) is 0 Å². The molecule has 4 fully saturated rings. The molecule has 0 heterocycles. The van der Waals surface area contributed by atoms with Gasteiger partial charge in [0.05, 0.1) is 12.8 Å². The highest BCUT2D eigenvalue weighted by Crippen LogP contribution is 2.32. The van der Waals surface area contributed by atoms with Gasteiger partial charge in [0.25, 0.3) is 0 Å². The van der Waals surface area contributed by atoms with Gasteiger partial charge in [0.15, 0.2) is 0 Å². The van der Waals surface area contributed by atoms with Crippen molar-refractivity contribution in [1.29, 1.82) is 0 Å². The van der Waals surface area contributed by atoms with Crippen LogP contribution in [0, 0.1) is 5.41 Å². The van der Waals surface area contributed by atoms with Gasteiger partial charge >= 0.3 is 0 Å². The molecule has 39 heavy (non-hydrogen) atoms. The van der Waals surface area contributed by atoms with E-state index in [0.717, 1.165) is 116 Å². The van der Waals surface area contributed by atoms with Crippen LogP contribution in [-0.2, 0) is 19.2 Å². The van der Waals surface area contributed by atoms with Gasteiger partial charge in [-0.3, -0.25) is 19.2 Å². The topological polar surface area (TPSA) is 116 Å². The molecule has 0 aromatic carbocycles. The summed E-state index contributed by atoms with van der Waals surface area (Å²) in [5.74, 6) is -1.52. The number of hydrogen-bond acceptors (Lipinski definition) is 4. The fourth-order valence-corrected chi connectivity index (χ4v) is 7.23. The molecule has 0 bridgehead atoms. The Kier molecular flexibility index (Phi) is 11.5. The van der Waals surface area contributed by atoms with Gasteiger partial charge in [0.1, 0.15) is 5.41 Å². The van der Waals surface area contributed by atoms with E-state index in [2.05, 4.69) is 21.3 Å². The van der Waals surface area contributed by atoms with Crippen LogP contribution in [-0.4, -0.2) is 47.8 Å². The monoisotopic (exact) mass is 544 g/mol. The molecule has 0 radical (unpaired) electrons. The van der Waals surface area contributed by atoms with E-state index in [9.17, 15) is 19.2 Å². The van der Waals surface area contributed by atoms with Crippen LogP contribution in [0.3, 0.4) is 0 Å². The average Bonchev–Trinajstić information content (AvgIpc) is 2.94. The molecule has 0 aromatic rings. The molecule has 4 saturated carbocycles. The van der Waals surface area contributed by atoms with Gasteiger partial charge in [-0.05, 0) is 51.4 Å². The molecule has 4 rings (SSSR count). The second-order valence-corrected chi connectivity index (χ2v) is 12.9. The van der Waals surface area contributed by atoms with E-state index in [1.807, 2.05) is 0 Å². The minimum absolute atomic E-state index is 0.0177. The van der Waals surface area contributed by atoms with Gasteiger partial charge in [0.2, 0.25) is 23.6 Å². The fraction of sp³-hybridized carbons (Fsp3) is 0.871. The average molecular weight is 545 g/mol. The van der Waals surface area contributed by atoms with Crippen LogP contribution in [0.15, 0.2) is 0 Å². The molecule has 4 amide bonds. The second kappa shape index (κ2) is 15.0. The third-order valence-corrected chi connectivity index (χ3v) is 9.62. The van der Waals surface area contributed by atoms with Crippen molar-refractivity contribution in [1.82, 2.24) is 21.3 Å². The summed E-state index contributed by atoms with van der Waals surface area (Å²) in [5, 5.41) is 12.5. The van der Waals surface area contributed by atoms with E-state index in [0.29, 0.717) is 0 Å². The zero-order valence-electron chi connectivity index (χ0n) is 24.0. The van der Waals surface area contributed by atoms with Crippen molar-refractivity contribution in [2.24, 2.45) is 5.41 Å². The number of carbonyl (C=O) groups excluding carboxylic acids is 4. The lowest BCUT2D eigenvalue weighted by molar-refractivity contribution is -0.152. The number of hydrogen-bond donors (Lipinski definition) is 4. The maximum Gasteiger partial charge on any atom is 0.236 e. The summed E-state index contributed by atoms with van der Waals surface area (Å²) in [5.41, 5.74) is -1.76. The van der Waals surface area contributed by atoms with E-state index >= 15 is 0 Å². The molecule has 220 valence electrons. The zero-order valence-corrected chi connectivity index (χ0v) is 24.0. The van der Waals surface area contributed by atoms with Crippen LogP contribution in [0.5, 0.6) is 0 Å². The highest BCUT2D eigenvalue weighted by molar-refractivity contribution is 6.10. The molecule has 4 N–H and O–H groups in total. The van der Waals surface area contributed by atoms with Crippen LogP contribution >= 0.6 is 0 Å². The van der Waals surface area contributed by atoms with Crippen molar-refractivity contribution in [2.45, 2.75) is 165 Å². The van der Waals surface area contributed by atoms with E-state index in [1.54, 1.807) is 0 Å².